The third-order valence-electron chi connectivity index (χ3n) is 1.37. The molecule has 4 heteroatoms. The van der Waals surface area contributed by atoms with Crippen LogP contribution in [0.2, 0.25) is 0 Å². The van der Waals surface area contributed by atoms with Gasteiger partial charge in [-0.05, 0) is 12.1 Å². The summed E-state index contributed by atoms with van der Waals surface area (Å²) in [7, 11) is 1.88. The van der Waals surface area contributed by atoms with Gasteiger partial charge in [0.1, 0.15) is 5.69 Å². The highest BCUT2D eigenvalue weighted by Gasteiger charge is 2.08. The maximum absolute atomic E-state index is 4.00. The van der Waals surface area contributed by atoms with Crippen LogP contribution in [0.4, 0.5) is 5.69 Å². The highest BCUT2D eigenvalue weighted by molar-refractivity contribution is 7.97. The molecule has 0 saturated heterocycles. The third-order valence-corrected chi connectivity index (χ3v) is 2.25. The fourth-order valence-electron chi connectivity index (χ4n) is 0.889. The Kier molecular flexibility index (Phi) is 1.54. The van der Waals surface area contributed by atoms with Gasteiger partial charge in [-0.25, -0.2) is 4.41 Å². The topological polar surface area (TPSA) is 28.0 Å². The summed E-state index contributed by atoms with van der Waals surface area (Å²) in [5.41, 5.74) is 0.954. The monoisotopic (exact) mass is 165 g/mol. The lowest BCUT2D eigenvalue weighted by Crippen LogP contribution is -2.00. The van der Waals surface area contributed by atoms with E-state index >= 15 is 0 Å². The van der Waals surface area contributed by atoms with Crippen molar-refractivity contribution < 1.29 is 0 Å². The molecule has 1 heterocycles. The van der Waals surface area contributed by atoms with Crippen molar-refractivity contribution in [1.29, 1.82) is 0 Å². The largest absolute Gasteiger partial charge is 0.219 e. The summed E-state index contributed by atoms with van der Waals surface area (Å²) in [4.78, 5) is 1.16. The van der Waals surface area contributed by atoms with Gasteiger partial charge in [0.15, 0.2) is 0 Å². The summed E-state index contributed by atoms with van der Waals surface area (Å²) in [6.45, 7) is 0. The molecule has 0 unspecified atom stereocenters. The van der Waals surface area contributed by atoms with E-state index in [1.165, 1.54) is 0 Å². The first-order chi connectivity index (χ1) is 5.36. The van der Waals surface area contributed by atoms with Gasteiger partial charge in [-0.3, -0.25) is 0 Å². The van der Waals surface area contributed by atoms with Crippen LogP contribution >= 0.6 is 11.9 Å². The molecule has 0 saturated carbocycles. The SMILES string of the molecule is CN1N=Nc2ccccc2S1. The second kappa shape index (κ2) is 2.54. The molecule has 0 aliphatic carbocycles. The van der Waals surface area contributed by atoms with E-state index in [0.717, 1.165) is 10.6 Å². The van der Waals surface area contributed by atoms with Gasteiger partial charge in [0.05, 0.1) is 4.90 Å². The second-order valence-corrected chi connectivity index (χ2v) is 3.36. The fraction of sp³-hybridized carbons (Fsp3) is 0.143. The summed E-state index contributed by atoms with van der Waals surface area (Å²) in [6.07, 6.45) is 0. The number of hydrogen-bond donors (Lipinski definition) is 0. The van der Waals surface area contributed by atoms with Crippen molar-refractivity contribution in [1.82, 2.24) is 4.41 Å². The van der Waals surface area contributed by atoms with E-state index in [-0.39, 0.29) is 0 Å². The van der Waals surface area contributed by atoms with Gasteiger partial charge in [0.25, 0.3) is 0 Å². The summed E-state index contributed by atoms with van der Waals surface area (Å²) < 4.78 is 1.74. The first kappa shape index (κ1) is 6.67. The molecule has 0 bridgehead atoms. The molecule has 0 aromatic heterocycles. The van der Waals surface area contributed by atoms with Crippen molar-refractivity contribution in [3.63, 3.8) is 0 Å². The molecule has 2 rings (SSSR count). The zero-order chi connectivity index (χ0) is 7.68. The lowest BCUT2D eigenvalue weighted by Gasteiger charge is -2.15. The molecule has 11 heavy (non-hydrogen) atoms. The zero-order valence-corrected chi connectivity index (χ0v) is 6.88. The summed E-state index contributed by atoms with van der Waals surface area (Å²) >= 11 is 1.58. The molecule has 0 spiro atoms. The highest BCUT2D eigenvalue weighted by atomic mass is 32.2. The van der Waals surface area contributed by atoms with Crippen molar-refractivity contribution in [2.45, 2.75) is 4.90 Å². The predicted molar refractivity (Wildman–Crippen MR) is 44.6 cm³/mol. The van der Waals surface area contributed by atoms with E-state index in [0.29, 0.717) is 0 Å². The van der Waals surface area contributed by atoms with E-state index in [9.17, 15) is 0 Å². The van der Waals surface area contributed by atoms with E-state index < -0.39 is 0 Å². The van der Waals surface area contributed by atoms with Crippen LogP contribution in [0, 0.1) is 0 Å². The number of hydrogen-bond acceptors (Lipinski definition) is 4. The van der Waals surface area contributed by atoms with Crippen molar-refractivity contribution in [3.05, 3.63) is 24.3 Å². The zero-order valence-electron chi connectivity index (χ0n) is 6.06. The minimum Gasteiger partial charge on any atom is -0.219 e. The predicted octanol–water partition coefficient (Wildman–Crippen LogP) is 2.64. The van der Waals surface area contributed by atoms with Crippen LogP contribution in [-0.4, -0.2) is 11.5 Å². The average molecular weight is 165 g/mol. The van der Waals surface area contributed by atoms with E-state index in [2.05, 4.69) is 10.3 Å². The molecule has 1 aliphatic heterocycles. The van der Waals surface area contributed by atoms with Crippen molar-refractivity contribution in [3.8, 4) is 0 Å². The third kappa shape index (κ3) is 1.21. The lowest BCUT2D eigenvalue weighted by atomic mass is 10.3. The van der Waals surface area contributed by atoms with Gasteiger partial charge in [0.2, 0.25) is 0 Å². The summed E-state index contributed by atoms with van der Waals surface area (Å²) in [5, 5.41) is 7.90. The van der Waals surface area contributed by atoms with Crippen molar-refractivity contribution in [2.24, 2.45) is 10.3 Å². The van der Waals surface area contributed by atoms with Crippen LogP contribution in [-0.2, 0) is 0 Å². The van der Waals surface area contributed by atoms with Crippen LogP contribution in [0.3, 0.4) is 0 Å². The number of benzene rings is 1. The number of rotatable bonds is 0. The molecular formula is C7H7N3S. The van der Waals surface area contributed by atoms with Gasteiger partial charge in [-0.1, -0.05) is 17.4 Å². The van der Waals surface area contributed by atoms with Gasteiger partial charge >= 0.3 is 0 Å². The molecule has 1 aromatic rings. The molecule has 0 N–H and O–H groups in total. The molecule has 1 aromatic carbocycles. The molecule has 56 valence electrons. The molecule has 0 fully saturated rings. The second-order valence-electron chi connectivity index (χ2n) is 2.21. The highest BCUT2D eigenvalue weighted by Crippen LogP contribution is 2.35. The molecular weight excluding hydrogens is 158 g/mol. The Morgan fingerprint density at radius 3 is 3.09 bits per heavy atom. The van der Waals surface area contributed by atoms with E-state index in [4.69, 9.17) is 0 Å². The van der Waals surface area contributed by atoms with Gasteiger partial charge in [0, 0.05) is 19.0 Å². The normalized spacial score (nSPS) is 14.8. The molecule has 1 aliphatic rings. The minimum atomic E-state index is 0.954. The number of nitrogens with zero attached hydrogens (tertiary/aromatic N) is 3. The first-order valence-electron chi connectivity index (χ1n) is 3.28. The van der Waals surface area contributed by atoms with Crippen molar-refractivity contribution >= 4 is 17.6 Å². The summed E-state index contributed by atoms with van der Waals surface area (Å²) in [6, 6.07) is 7.96. The molecule has 0 atom stereocenters. The van der Waals surface area contributed by atoms with Crippen LogP contribution in [0.25, 0.3) is 0 Å². The average Bonchev–Trinajstić information content (AvgIpc) is 2.04. The Hall–Kier alpha value is -1.03. The standard InChI is InChI=1S/C7H7N3S/c1-10-9-8-6-4-2-3-5-7(6)11-10/h2-5H,1H3. The Labute approximate surface area is 69.2 Å². The van der Waals surface area contributed by atoms with Crippen molar-refractivity contribution in [2.75, 3.05) is 7.05 Å². The lowest BCUT2D eigenvalue weighted by molar-refractivity contribution is 0.562. The number of fused-ring (bicyclic) bond motifs is 1. The Bertz CT molecular complexity index is 297. The maximum Gasteiger partial charge on any atom is 0.103 e. The van der Waals surface area contributed by atoms with Crippen LogP contribution in [0.15, 0.2) is 39.5 Å². The van der Waals surface area contributed by atoms with Gasteiger partial charge in [-0.15, -0.1) is 5.11 Å². The van der Waals surface area contributed by atoms with Gasteiger partial charge in [-0.2, -0.15) is 0 Å². The van der Waals surface area contributed by atoms with Crippen LogP contribution in [0.1, 0.15) is 0 Å². The van der Waals surface area contributed by atoms with Gasteiger partial charge < -0.3 is 0 Å². The first-order valence-corrected chi connectivity index (χ1v) is 4.06. The summed E-state index contributed by atoms with van der Waals surface area (Å²) in [5.74, 6) is 0. The quantitative estimate of drug-likeness (QED) is 0.553. The Morgan fingerprint density at radius 2 is 2.18 bits per heavy atom. The fourth-order valence-corrected chi connectivity index (χ4v) is 1.59. The maximum atomic E-state index is 4.00. The minimum absolute atomic E-state index is 0.954. The smallest absolute Gasteiger partial charge is 0.103 e. The molecule has 0 radical (unpaired) electrons. The molecule has 0 amide bonds. The Balaban J connectivity index is 2.46. The van der Waals surface area contributed by atoms with E-state index in [1.807, 2.05) is 31.3 Å². The Morgan fingerprint density at radius 1 is 1.36 bits per heavy atom. The molecule has 3 nitrogen and oxygen atoms in total. The van der Waals surface area contributed by atoms with Crippen LogP contribution in [0.5, 0.6) is 0 Å². The van der Waals surface area contributed by atoms with E-state index in [1.54, 1.807) is 16.4 Å². The van der Waals surface area contributed by atoms with Crippen LogP contribution < -0.4 is 0 Å².